The van der Waals surface area contributed by atoms with Crippen LogP contribution in [0.25, 0.3) is 0 Å². The first-order valence-corrected chi connectivity index (χ1v) is 9.96. The third kappa shape index (κ3) is 3.45. The molecular formula is C17H22N2O4S. The van der Waals surface area contributed by atoms with Gasteiger partial charge in [-0.1, -0.05) is 6.07 Å². The van der Waals surface area contributed by atoms with Gasteiger partial charge in [0.1, 0.15) is 0 Å². The molecule has 2 unspecified atom stereocenters. The van der Waals surface area contributed by atoms with Gasteiger partial charge in [0.2, 0.25) is 11.8 Å². The summed E-state index contributed by atoms with van der Waals surface area (Å²) in [4.78, 5) is 26.3. The number of carbonyl (C=O) groups excluding carboxylic acids is 2. The van der Waals surface area contributed by atoms with E-state index in [1.165, 1.54) is 0 Å². The Hall–Kier alpha value is -1.89. The van der Waals surface area contributed by atoms with Crippen LogP contribution in [0.1, 0.15) is 24.0 Å². The molecule has 2 aliphatic heterocycles. The first-order chi connectivity index (χ1) is 11.2. The Morgan fingerprint density at radius 3 is 2.62 bits per heavy atom. The zero-order chi connectivity index (χ0) is 17.5. The molecule has 2 amide bonds. The fourth-order valence-corrected chi connectivity index (χ4v) is 4.93. The highest BCUT2D eigenvalue weighted by Gasteiger charge is 2.37. The quantitative estimate of drug-likeness (QED) is 0.880. The van der Waals surface area contributed by atoms with Crippen LogP contribution in [0.3, 0.4) is 0 Å². The van der Waals surface area contributed by atoms with Crippen molar-refractivity contribution < 1.29 is 18.0 Å². The van der Waals surface area contributed by atoms with Gasteiger partial charge >= 0.3 is 0 Å². The molecule has 1 aromatic rings. The predicted octanol–water partition coefficient (Wildman–Crippen LogP) is 0.960. The minimum atomic E-state index is -3.03. The first-order valence-electron chi connectivity index (χ1n) is 8.13. The van der Waals surface area contributed by atoms with E-state index in [-0.39, 0.29) is 35.8 Å². The molecule has 0 bridgehead atoms. The number of hydrogen-bond acceptors (Lipinski definition) is 4. The number of anilines is 1. The lowest BCUT2D eigenvalue weighted by Crippen LogP contribution is -2.40. The molecule has 6 nitrogen and oxygen atoms in total. The molecule has 130 valence electrons. The lowest BCUT2D eigenvalue weighted by molar-refractivity contribution is -0.126. The topological polar surface area (TPSA) is 83.6 Å². The monoisotopic (exact) mass is 350 g/mol. The van der Waals surface area contributed by atoms with Gasteiger partial charge in [0.25, 0.3) is 0 Å². The number of hydrogen-bond donors (Lipinski definition) is 1. The molecular weight excluding hydrogens is 328 g/mol. The van der Waals surface area contributed by atoms with Crippen LogP contribution in [0.5, 0.6) is 0 Å². The normalized spacial score (nSPS) is 25.9. The van der Waals surface area contributed by atoms with Crippen molar-refractivity contribution in [2.24, 2.45) is 5.92 Å². The number of aryl methyl sites for hydroxylation is 2. The van der Waals surface area contributed by atoms with Crippen LogP contribution in [0.2, 0.25) is 0 Å². The number of carbonyl (C=O) groups is 2. The van der Waals surface area contributed by atoms with Crippen molar-refractivity contribution in [3.8, 4) is 0 Å². The molecule has 7 heteroatoms. The number of nitrogens with zero attached hydrogens (tertiary/aromatic N) is 1. The minimum Gasteiger partial charge on any atom is -0.352 e. The molecule has 2 atom stereocenters. The highest BCUT2D eigenvalue weighted by Crippen LogP contribution is 2.27. The summed E-state index contributed by atoms with van der Waals surface area (Å²) in [5.74, 6) is -0.604. The van der Waals surface area contributed by atoms with Crippen LogP contribution < -0.4 is 10.2 Å². The standard InChI is InChI=1S/C17H22N2O4S/c1-11-3-4-15(7-12(11)2)19-9-13(8-16(19)20)17(21)18-14-5-6-24(22,23)10-14/h3-4,7,13-14H,5-6,8-10H2,1-2H3,(H,18,21). The number of rotatable bonds is 3. The summed E-state index contributed by atoms with van der Waals surface area (Å²) in [7, 11) is -3.03. The molecule has 0 radical (unpaired) electrons. The summed E-state index contributed by atoms with van der Waals surface area (Å²) in [6, 6.07) is 5.49. The fraction of sp³-hybridized carbons (Fsp3) is 0.529. The molecule has 0 saturated carbocycles. The molecule has 0 aromatic heterocycles. The predicted molar refractivity (Wildman–Crippen MR) is 91.6 cm³/mol. The van der Waals surface area contributed by atoms with Crippen LogP contribution in [0.4, 0.5) is 5.69 Å². The van der Waals surface area contributed by atoms with E-state index in [0.29, 0.717) is 13.0 Å². The minimum absolute atomic E-state index is 0.000275. The van der Waals surface area contributed by atoms with Gasteiger partial charge in [0, 0.05) is 24.7 Å². The maximum absolute atomic E-state index is 12.4. The molecule has 24 heavy (non-hydrogen) atoms. The van der Waals surface area contributed by atoms with Crippen LogP contribution in [-0.4, -0.2) is 44.3 Å². The Balaban J connectivity index is 1.66. The van der Waals surface area contributed by atoms with Crippen molar-refractivity contribution in [1.82, 2.24) is 5.32 Å². The van der Waals surface area contributed by atoms with E-state index in [0.717, 1.165) is 16.8 Å². The Morgan fingerprint density at radius 2 is 2.00 bits per heavy atom. The van der Waals surface area contributed by atoms with Crippen LogP contribution in [0.15, 0.2) is 18.2 Å². The van der Waals surface area contributed by atoms with E-state index in [1.54, 1.807) is 4.90 Å². The Kier molecular flexibility index (Phi) is 4.38. The molecule has 0 aliphatic carbocycles. The largest absolute Gasteiger partial charge is 0.352 e. The average Bonchev–Trinajstić information content (AvgIpc) is 3.05. The van der Waals surface area contributed by atoms with E-state index in [1.807, 2.05) is 32.0 Å². The summed E-state index contributed by atoms with van der Waals surface area (Å²) in [6.45, 7) is 4.34. The van der Waals surface area contributed by atoms with Gasteiger partial charge in [0.15, 0.2) is 9.84 Å². The van der Waals surface area contributed by atoms with E-state index < -0.39 is 15.8 Å². The molecule has 2 aliphatic rings. The van der Waals surface area contributed by atoms with Gasteiger partial charge in [0.05, 0.1) is 17.4 Å². The highest BCUT2D eigenvalue weighted by atomic mass is 32.2. The van der Waals surface area contributed by atoms with Crippen molar-refractivity contribution in [3.05, 3.63) is 29.3 Å². The second-order valence-electron chi connectivity index (χ2n) is 6.78. The summed E-state index contributed by atoms with van der Waals surface area (Å²) in [5, 5.41) is 2.79. The molecule has 1 aromatic carbocycles. The van der Waals surface area contributed by atoms with Crippen molar-refractivity contribution in [2.45, 2.75) is 32.7 Å². The number of sulfone groups is 1. The third-order valence-electron chi connectivity index (χ3n) is 4.88. The molecule has 0 spiro atoms. The van der Waals surface area contributed by atoms with E-state index >= 15 is 0 Å². The summed E-state index contributed by atoms with van der Waals surface area (Å²) in [6.07, 6.45) is 0.619. The number of benzene rings is 1. The Labute approximate surface area is 142 Å². The summed E-state index contributed by atoms with van der Waals surface area (Å²) < 4.78 is 23.0. The maximum Gasteiger partial charge on any atom is 0.227 e. The molecule has 2 fully saturated rings. The summed E-state index contributed by atoms with van der Waals surface area (Å²) >= 11 is 0. The van der Waals surface area contributed by atoms with Crippen LogP contribution in [-0.2, 0) is 19.4 Å². The first kappa shape index (κ1) is 17.0. The molecule has 2 saturated heterocycles. The van der Waals surface area contributed by atoms with E-state index in [9.17, 15) is 18.0 Å². The van der Waals surface area contributed by atoms with Gasteiger partial charge in [-0.25, -0.2) is 8.42 Å². The van der Waals surface area contributed by atoms with Gasteiger partial charge in [-0.2, -0.15) is 0 Å². The van der Waals surface area contributed by atoms with Crippen molar-refractivity contribution >= 4 is 27.3 Å². The smallest absolute Gasteiger partial charge is 0.227 e. The summed E-state index contributed by atoms with van der Waals surface area (Å²) in [5.41, 5.74) is 3.06. The van der Waals surface area contributed by atoms with Gasteiger partial charge in [-0.05, 0) is 43.5 Å². The SMILES string of the molecule is Cc1ccc(N2CC(C(=O)NC3CCS(=O)(=O)C3)CC2=O)cc1C. The fourth-order valence-electron chi connectivity index (χ4n) is 3.25. The van der Waals surface area contributed by atoms with Gasteiger partial charge in [-0.3, -0.25) is 9.59 Å². The Bertz CT molecular complexity index is 788. The number of amides is 2. The van der Waals surface area contributed by atoms with Crippen molar-refractivity contribution in [2.75, 3.05) is 23.0 Å². The lowest BCUT2D eigenvalue weighted by atomic mass is 10.1. The van der Waals surface area contributed by atoms with Crippen molar-refractivity contribution in [1.29, 1.82) is 0 Å². The Morgan fingerprint density at radius 1 is 1.25 bits per heavy atom. The molecule has 3 rings (SSSR count). The van der Waals surface area contributed by atoms with Gasteiger partial charge in [-0.15, -0.1) is 0 Å². The van der Waals surface area contributed by atoms with E-state index in [2.05, 4.69) is 5.32 Å². The maximum atomic E-state index is 12.4. The number of nitrogens with one attached hydrogen (secondary N) is 1. The lowest BCUT2D eigenvalue weighted by Gasteiger charge is -2.18. The van der Waals surface area contributed by atoms with Crippen LogP contribution >= 0.6 is 0 Å². The second-order valence-corrected chi connectivity index (χ2v) is 9.01. The van der Waals surface area contributed by atoms with Crippen molar-refractivity contribution in [3.63, 3.8) is 0 Å². The van der Waals surface area contributed by atoms with Gasteiger partial charge < -0.3 is 10.2 Å². The van der Waals surface area contributed by atoms with E-state index in [4.69, 9.17) is 0 Å². The molecule has 1 N–H and O–H groups in total. The highest BCUT2D eigenvalue weighted by molar-refractivity contribution is 7.91. The second kappa shape index (κ2) is 6.20. The van der Waals surface area contributed by atoms with Crippen LogP contribution in [0, 0.1) is 19.8 Å². The zero-order valence-corrected chi connectivity index (χ0v) is 14.7. The zero-order valence-electron chi connectivity index (χ0n) is 13.9. The third-order valence-corrected chi connectivity index (χ3v) is 6.64. The average molecular weight is 350 g/mol. The molecule has 2 heterocycles.